The van der Waals surface area contributed by atoms with Crippen LogP contribution in [0.5, 0.6) is 11.5 Å². The highest BCUT2D eigenvalue weighted by Gasteiger charge is 2.35. The molecular formula is C26H21N3O4. The Kier molecular flexibility index (Phi) is 4.98. The summed E-state index contributed by atoms with van der Waals surface area (Å²) in [5.41, 5.74) is 2.27. The molecule has 2 amide bonds. The maximum Gasteiger partial charge on any atom is 0.265 e. The smallest absolute Gasteiger partial charge is 0.265 e. The zero-order chi connectivity index (χ0) is 23.1. The van der Waals surface area contributed by atoms with Gasteiger partial charge in [-0.15, -0.1) is 0 Å². The molecule has 0 unspecified atom stereocenters. The summed E-state index contributed by atoms with van der Waals surface area (Å²) in [4.78, 5) is 27.7. The maximum atomic E-state index is 12.7. The topological polar surface area (TPSA) is 93.9 Å². The van der Waals surface area contributed by atoms with E-state index in [1.165, 1.54) is 6.08 Å². The number of hydrogen-bond donors (Lipinski definition) is 1. The maximum absolute atomic E-state index is 12.7. The number of carbonyl (C=O) groups is 2. The van der Waals surface area contributed by atoms with Crippen LogP contribution in [0.25, 0.3) is 21.9 Å². The molecule has 7 heteroatoms. The highest BCUT2D eigenvalue weighted by atomic mass is 16.5. The van der Waals surface area contributed by atoms with Gasteiger partial charge in [0.2, 0.25) is 5.91 Å². The second-order valence-corrected chi connectivity index (χ2v) is 8.30. The molecule has 0 saturated carbocycles. The molecule has 3 aromatic carbocycles. The molecule has 3 aromatic rings. The van der Waals surface area contributed by atoms with E-state index in [0.29, 0.717) is 42.2 Å². The summed E-state index contributed by atoms with van der Waals surface area (Å²) in [5, 5.41) is 21.9. The molecule has 7 nitrogen and oxygen atoms in total. The summed E-state index contributed by atoms with van der Waals surface area (Å²) < 4.78 is 5.74. The van der Waals surface area contributed by atoms with E-state index in [-0.39, 0.29) is 30.1 Å². The van der Waals surface area contributed by atoms with Crippen molar-refractivity contribution in [2.75, 3.05) is 31.1 Å². The first-order valence-corrected chi connectivity index (χ1v) is 10.6. The fourth-order valence-corrected chi connectivity index (χ4v) is 4.53. The van der Waals surface area contributed by atoms with Gasteiger partial charge in [-0.2, -0.15) is 5.26 Å². The molecule has 1 fully saturated rings. The third-order valence-electron chi connectivity index (χ3n) is 6.18. The Balaban J connectivity index is 1.53. The van der Waals surface area contributed by atoms with Crippen molar-refractivity contribution in [2.24, 2.45) is 5.92 Å². The SMILES string of the molecule is C=CC(=O)N1CC(CN2C(=O)COc3cc(-c4cc(O)cc5ccccc45)c(C#N)cc32)C1. The number of likely N-dealkylation sites (tertiary alicyclic amines) is 1. The molecule has 1 saturated heterocycles. The number of phenolic OH excluding ortho intramolecular Hbond substituents is 1. The monoisotopic (exact) mass is 439 g/mol. The molecule has 0 spiro atoms. The Morgan fingerprint density at radius 2 is 2.00 bits per heavy atom. The lowest BCUT2D eigenvalue weighted by Crippen LogP contribution is -2.55. The summed E-state index contributed by atoms with van der Waals surface area (Å²) in [6.45, 7) is 4.97. The van der Waals surface area contributed by atoms with Gasteiger partial charge in [0, 0.05) is 31.1 Å². The third kappa shape index (κ3) is 3.56. The van der Waals surface area contributed by atoms with Crippen molar-refractivity contribution >= 4 is 28.3 Å². The Morgan fingerprint density at radius 3 is 2.76 bits per heavy atom. The van der Waals surface area contributed by atoms with Gasteiger partial charge in [0.25, 0.3) is 5.91 Å². The van der Waals surface area contributed by atoms with E-state index in [9.17, 15) is 20.0 Å². The predicted octanol–water partition coefficient (Wildman–Crippen LogP) is 3.45. The van der Waals surface area contributed by atoms with Gasteiger partial charge in [-0.05, 0) is 46.7 Å². The van der Waals surface area contributed by atoms with Crippen LogP contribution in [0.2, 0.25) is 0 Å². The number of phenols is 1. The first-order chi connectivity index (χ1) is 16.0. The van der Waals surface area contributed by atoms with Crippen LogP contribution in [-0.4, -0.2) is 48.1 Å². The molecule has 0 radical (unpaired) electrons. The van der Waals surface area contributed by atoms with Gasteiger partial charge in [0.05, 0.1) is 17.3 Å². The van der Waals surface area contributed by atoms with Crippen LogP contribution in [0.3, 0.4) is 0 Å². The number of fused-ring (bicyclic) bond motifs is 2. The van der Waals surface area contributed by atoms with Crippen molar-refractivity contribution in [2.45, 2.75) is 0 Å². The molecule has 0 aromatic heterocycles. The van der Waals surface area contributed by atoms with Crippen LogP contribution >= 0.6 is 0 Å². The normalized spacial score (nSPS) is 15.4. The van der Waals surface area contributed by atoms with Gasteiger partial charge in [-0.3, -0.25) is 9.59 Å². The summed E-state index contributed by atoms with van der Waals surface area (Å²) in [7, 11) is 0. The van der Waals surface area contributed by atoms with Gasteiger partial charge in [0.15, 0.2) is 6.61 Å². The van der Waals surface area contributed by atoms with Gasteiger partial charge >= 0.3 is 0 Å². The standard InChI is InChI=1S/C26H21N3O4/c1-2-25(31)28-12-16(13-28)14-29-23-8-18(11-27)21(10-24(23)33-15-26(29)32)22-9-19(30)7-17-5-3-4-6-20(17)22/h2-10,16,30H,1,12-15H2. The fourth-order valence-electron chi connectivity index (χ4n) is 4.53. The zero-order valence-corrected chi connectivity index (χ0v) is 17.8. The molecule has 1 N–H and O–H groups in total. The van der Waals surface area contributed by atoms with Crippen molar-refractivity contribution in [1.29, 1.82) is 5.26 Å². The Bertz CT molecular complexity index is 1350. The van der Waals surface area contributed by atoms with E-state index in [2.05, 4.69) is 12.6 Å². The van der Waals surface area contributed by atoms with Crippen molar-refractivity contribution < 1.29 is 19.4 Å². The molecule has 2 heterocycles. The molecule has 5 rings (SSSR count). The molecule has 164 valence electrons. The molecule has 0 atom stereocenters. The van der Waals surface area contributed by atoms with E-state index < -0.39 is 0 Å². The number of amides is 2. The highest BCUT2D eigenvalue weighted by molar-refractivity contribution is 6.02. The fraction of sp³-hybridized carbons (Fsp3) is 0.192. The Morgan fingerprint density at radius 1 is 1.21 bits per heavy atom. The minimum absolute atomic E-state index is 0.0961. The number of ether oxygens (including phenoxy) is 1. The van der Waals surface area contributed by atoms with E-state index in [1.807, 2.05) is 24.3 Å². The average molecular weight is 439 g/mol. The van der Waals surface area contributed by atoms with Crippen molar-refractivity contribution in [3.63, 3.8) is 0 Å². The number of nitrogens with zero attached hydrogens (tertiary/aromatic N) is 3. The molecule has 33 heavy (non-hydrogen) atoms. The molecule has 2 aliphatic heterocycles. The van der Waals surface area contributed by atoms with E-state index in [4.69, 9.17) is 4.74 Å². The van der Waals surface area contributed by atoms with E-state index >= 15 is 0 Å². The minimum Gasteiger partial charge on any atom is -0.508 e. The lowest BCUT2D eigenvalue weighted by Gasteiger charge is -2.42. The molecular weight excluding hydrogens is 418 g/mol. The van der Waals surface area contributed by atoms with E-state index in [0.717, 1.165) is 16.3 Å². The quantitative estimate of drug-likeness (QED) is 0.629. The zero-order valence-electron chi connectivity index (χ0n) is 17.8. The van der Waals surface area contributed by atoms with E-state index in [1.54, 1.807) is 34.1 Å². The van der Waals surface area contributed by atoms with Gasteiger partial charge < -0.3 is 19.6 Å². The number of rotatable bonds is 4. The van der Waals surface area contributed by atoms with Gasteiger partial charge in [0.1, 0.15) is 11.5 Å². The number of aromatic hydroxyl groups is 1. The van der Waals surface area contributed by atoms with Crippen LogP contribution in [-0.2, 0) is 9.59 Å². The predicted molar refractivity (Wildman–Crippen MR) is 124 cm³/mol. The average Bonchev–Trinajstić information content (AvgIpc) is 2.80. The number of benzene rings is 3. The molecule has 2 aliphatic rings. The lowest BCUT2D eigenvalue weighted by molar-refractivity contribution is -0.131. The first kappa shape index (κ1) is 20.6. The summed E-state index contributed by atoms with van der Waals surface area (Å²) in [6.07, 6.45) is 1.29. The Hall–Kier alpha value is -4.31. The van der Waals surface area contributed by atoms with Gasteiger partial charge in [-0.25, -0.2) is 0 Å². The number of anilines is 1. The number of hydrogen-bond acceptors (Lipinski definition) is 5. The van der Waals surface area contributed by atoms with Crippen LogP contribution < -0.4 is 9.64 Å². The highest BCUT2D eigenvalue weighted by Crippen LogP contribution is 2.42. The minimum atomic E-state index is -0.185. The molecule has 0 aliphatic carbocycles. The number of nitriles is 1. The lowest BCUT2D eigenvalue weighted by atomic mass is 9.93. The Labute approximate surface area is 190 Å². The largest absolute Gasteiger partial charge is 0.508 e. The van der Waals surface area contributed by atoms with Crippen molar-refractivity contribution in [3.05, 3.63) is 66.7 Å². The van der Waals surface area contributed by atoms with Crippen LogP contribution in [0, 0.1) is 17.2 Å². The van der Waals surface area contributed by atoms with Crippen LogP contribution in [0.15, 0.2) is 61.2 Å². The number of carbonyl (C=O) groups excluding carboxylic acids is 2. The van der Waals surface area contributed by atoms with Gasteiger partial charge in [-0.1, -0.05) is 30.8 Å². The summed E-state index contributed by atoms with van der Waals surface area (Å²) in [5.74, 6) is 0.454. The first-order valence-electron chi connectivity index (χ1n) is 10.6. The third-order valence-corrected chi connectivity index (χ3v) is 6.18. The van der Waals surface area contributed by atoms with Crippen molar-refractivity contribution in [1.82, 2.24) is 4.90 Å². The second kappa shape index (κ2) is 7.99. The van der Waals surface area contributed by atoms with Crippen molar-refractivity contribution in [3.8, 4) is 28.7 Å². The molecule has 0 bridgehead atoms. The second-order valence-electron chi connectivity index (χ2n) is 8.30. The summed E-state index contributed by atoms with van der Waals surface area (Å²) >= 11 is 0. The van der Waals surface area contributed by atoms with Crippen LogP contribution in [0.4, 0.5) is 5.69 Å². The summed E-state index contributed by atoms with van der Waals surface area (Å²) in [6, 6.07) is 16.6. The van der Waals surface area contributed by atoms with Crippen LogP contribution in [0.1, 0.15) is 5.56 Å².